The minimum absolute atomic E-state index is 0.249. The van der Waals surface area contributed by atoms with E-state index in [2.05, 4.69) is 26.2 Å². The molecule has 0 aliphatic rings. The van der Waals surface area contributed by atoms with Crippen LogP contribution in [-0.4, -0.2) is 15.5 Å². The number of carbonyl (C=O) groups excluding carboxylic acids is 1. The summed E-state index contributed by atoms with van der Waals surface area (Å²) < 4.78 is 2.35. The zero-order valence-corrected chi connectivity index (χ0v) is 21.1. The van der Waals surface area contributed by atoms with E-state index < -0.39 is 6.04 Å². The second-order valence-electron chi connectivity index (χ2n) is 7.21. The van der Waals surface area contributed by atoms with Crippen molar-refractivity contribution in [2.24, 2.45) is 0 Å². The molecular weight excluding hydrogens is 533 g/mol. The average Bonchev–Trinajstić information content (AvgIpc) is 3.09. The number of anilines is 1. The summed E-state index contributed by atoms with van der Waals surface area (Å²) in [5.74, 6) is -0.350. The number of rotatable bonds is 5. The summed E-state index contributed by atoms with van der Waals surface area (Å²) in [6, 6.07) is 11.9. The topological polar surface area (TPSA) is 64.0 Å². The Morgan fingerprint density at radius 3 is 2.59 bits per heavy atom. The maximum absolute atomic E-state index is 13.6. The molecule has 1 N–H and O–H groups in total. The van der Waals surface area contributed by atoms with E-state index in [0.717, 1.165) is 20.5 Å². The van der Waals surface area contributed by atoms with Gasteiger partial charge in [-0.15, -0.1) is 11.3 Å². The molecule has 0 bridgehead atoms. The van der Waals surface area contributed by atoms with Gasteiger partial charge in [0.25, 0.3) is 5.56 Å². The van der Waals surface area contributed by atoms with Crippen LogP contribution in [0.15, 0.2) is 58.1 Å². The predicted molar refractivity (Wildman–Crippen MR) is 136 cm³/mol. The summed E-state index contributed by atoms with van der Waals surface area (Å²) >= 11 is 17.1. The molecule has 1 atom stereocenters. The number of fused-ring (bicyclic) bond motifs is 1. The lowest BCUT2D eigenvalue weighted by atomic mass is 10.0. The van der Waals surface area contributed by atoms with Crippen molar-refractivity contribution >= 4 is 72.3 Å². The van der Waals surface area contributed by atoms with E-state index in [-0.39, 0.29) is 11.5 Å². The van der Waals surface area contributed by atoms with Crippen molar-refractivity contribution in [1.82, 2.24) is 9.55 Å². The van der Waals surface area contributed by atoms with Gasteiger partial charge in [0, 0.05) is 19.9 Å². The second-order valence-corrected chi connectivity index (χ2v) is 10.2. The molecule has 4 rings (SSSR count). The molecule has 0 saturated carbocycles. The van der Waals surface area contributed by atoms with E-state index in [4.69, 9.17) is 23.2 Å². The number of benzene rings is 2. The van der Waals surface area contributed by atoms with Gasteiger partial charge < -0.3 is 5.32 Å². The van der Waals surface area contributed by atoms with Gasteiger partial charge in [0.2, 0.25) is 5.91 Å². The van der Waals surface area contributed by atoms with Gasteiger partial charge in [0.05, 0.1) is 22.4 Å². The van der Waals surface area contributed by atoms with Gasteiger partial charge in [-0.05, 0) is 49.2 Å². The minimum atomic E-state index is -0.746. The lowest BCUT2D eigenvalue weighted by Gasteiger charge is -2.18. The normalized spacial score (nSPS) is 12.2. The molecule has 4 aromatic rings. The number of amides is 1. The second kappa shape index (κ2) is 9.35. The van der Waals surface area contributed by atoms with Crippen LogP contribution in [0.1, 0.15) is 24.3 Å². The van der Waals surface area contributed by atoms with Crippen molar-refractivity contribution < 1.29 is 4.79 Å². The van der Waals surface area contributed by atoms with E-state index >= 15 is 0 Å². The molecule has 32 heavy (non-hydrogen) atoms. The van der Waals surface area contributed by atoms with Crippen LogP contribution in [-0.2, 0) is 4.79 Å². The van der Waals surface area contributed by atoms with Crippen LogP contribution >= 0.6 is 50.5 Å². The lowest BCUT2D eigenvalue weighted by molar-refractivity contribution is -0.119. The van der Waals surface area contributed by atoms with E-state index in [1.165, 1.54) is 22.2 Å². The summed E-state index contributed by atoms with van der Waals surface area (Å²) in [5, 5.41) is 4.12. The van der Waals surface area contributed by atoms with Crippen LogP contribution in [0.2, 0.25) is 10.0 Å². The van der Waals surface area contributed by atoms with Gasteiger partial charge in [0.1, 0.15) is 10.9 Å². The molecule has 0 aliphatic heterocycles. The first-order valence-electron chi connectivity index (χ1n) is 9.82. The highest BCUT2D eigenvalue weighted by Crippen LogP contribution is 2.36. The van der Waals surface area contributed by atoms with Crippen molar-refractivity contribution in [3.63, 3.8) is 0 Å². The summed E-state index contributed by atoms with van der Waals surface area (Å²) in [5.41, 5.74) is 1.96. The molecule has 0 fully saturated rings. The molecule has 2 heterocycles. The average molecular weight is 551 g/mol. The molecule has 1 unspecified atom stereocenters. The Morgan fingerprint density at radius 2 is 1.94 bits per heavy atom. The Labute approximate surface area is 207 Å². The van der Waals surface area contributed by atoms with Gasteiger partial charge in [-0.25, -0.2) is 4.98 Å². The molecule has 9 heteroatoms. The van der Waals surface area contributed by atoms with Crippen molar-refractivity contribution in [3.8, 4) is 11.1 Å². The lowest BCUT2D eigenvalue weighted by Crippen LogP contribution is -2.33. The Balaban J connectivity index is 1.78. The van der Waals surface area contributed by atoms with E-state index in [9.17, 15) is 9.59 Å². The Bertz CT molecular complexity index is 1380. The molecule has 0 spiro atoms. The largest absolute Gasteiger partial charge is 0.323 e. The zero-order valence-electron chi connectivity index (χ0n) is 17.2. The summed E-state index contributed by atoms with van der Waals surface area (Å²) in [6.45, 7) is 3.82. The van der Waals surface area contributed by atoms with E-state index in [0.29, 0.717) is 32.4 Å². The van der Waals surface area contributed by atoms with Crippen molar-refractivity contribution in [2.75, 3.05) is 5.32 Å². The number of aromatic nitrogens is 2. The molecule has 0 aliphatic carbocycles. The molecule has 2 aromatic carbocycles. The number of hydrogen-bond donors (Lipinski definition) is 1. The highest BCUT2D eigenvalue weighted by Gasteiger charge is 2.24. The third kappa shape index (κ3) is 4.35. The van der Waals surface area contributed by atoms with Crippen LogP contribution < -0.4 is 10.9 Å². The molecule has 164 valence electrons. The minimum Gasteiger partial charge on any atom is -0.323 e. The third-order valence-corrected chi connectivity index (χ3v) is 7.25. The maximum atomic E-state index is 13.6. The first-order valence-corrected chi connectivity index (χ1v) is 12.2. The summed E-state index contributed by atoms with van der Waals surface area (Å²) in [7, 11) is 0. The number of nitrogens with one attached hydrogen (secondary N) is 1. The van der Waals surface area contributed by atoms with Crippen LogP contribution in [0, 0.1) is 6.92 Å². The molecule has 5 nitrogen and oxygen atoms in total. The maximum Gasteiger partial charge on any atom is 0.263 e. The number of thiophene rings is 1. The number of halogens is 3. The monoisotopic (exact) mass is 549 g/mol. The summed E-state index contributed by atoms with van der Waals surface area (Å²) in [4.78, 5) is 32.8. The first-order chi connectivity index (χ1) is 15.3. The van der Waals surface area contributed by atoms with Crippen LogP contribution in [0.5, 0.6) is 0 Å². The fourth-order valence-corrected chi connectivity index (χ4v) is 5.34. The van der Waals surface area contributed by atoms with Crippen LogP contribution in [0.4, 0.5) is 5.69 Å². The van der Waals surface area contributed by atoms with Crippen molar-refractivity contribution in [1.29, 1.82) is 0 Å². The van der Waals surface area contributed by atoms with Crippen LogP contribution in [0.3, 0.4) is 0 Å². The Hall–Kier alpha value is -2.19. The molecular formula is C23H18BrCl2N3O2S. The molecule has 0 radical (unpaired) electrons. The SMILES string of the molecule is CCC(C(=O)Nc1ccc(Cl)cc1Cl)n1cnc2sc(C)c(-c3ccc(Br)cc3)c2c1=O. The fraction of sp³-hybridized carbons (Fsp3) is 0.174. The highest BCUT2D eigenvalue weighted by atomic mass is 79.9. The van der Waals surface area contributed by atoms with E-state index in [1.54, 1.807) is 18.2 Å². The highest BCUT2D eigenvalue weighted by molar-refractivity contribution is 9.10. The van der Waals surface area contributed by atoms with Gasteiger partial charge in [-0.3, -0.25) is 14.2 Å². The van der Waals surface area contributed by atoms with Crippen molar-refractivity contribution in [2.45, 2.75) is 26.3 Å². The number of carbonyl (C=O) groups is 1. The molecule has 0 saturated heterocycles. The van der Waals surface area contributed by atoms with Gasteiger partial charge in [-0.1, -0.05) is 58.2 Å². The molecule has 1 amide bonds. The number of hydrogen-bond acceptors (Lipinski definition) is 4. The standard InChI is InChI=1S/C23H18BrCl2N3O2S/c1-3-18(21(30)28-17-9-8-15(25)10-16(17)26)29-11-27-22-20(23(29)31)19(12(2)32-22)13-4-6-14(24)7-5-13/h4-11,18H,3H2,1-2H3,(H,28,30). The van der Waals surface area contributed by atoms with E-state index in [1.807, 2.05) is 38.1 Å². The summed E-state index contributed by atoms with van der Waals surface area (Å²) in [6.07, 6.45) is 1.85. The molecule has 2 aromatic heterocycles. The quantitative estimate of drug-likeness (QED) is 0.288. The Morgan fingerprint density at radius 1 is 1.22 bits per heavy atom. The zero-order chi connectivity index (χ0) is 23.0. The van der Waals surface area contributed by atoms with Crippen LogP contribution in [0.25, 0.3) is 21.3 Å². The van der Waals surface area contributed by atoms with Gasteiger partial charge in [0.15, 0.2) is 0 Å². The third-order valence-electron chi connectivity index (χ3n) is 5.16. The smallest absolute Gasteiger partial charge is 0.263 e. The predicted octanol–water partition coefficient (Wildman–Crippen LogP) is 7.09. The fourth-order valence-electron chi connectivity index (χ4n) is 3.62. The number of aryl methyl sites for hydroxylation is 1. The Kier molecular flexibility index (Phi) is 6.72. The first kappa shape index (κ1) is 23.0. The van der Waals surface area contributed by atoms with Gasteiger partial charge >= 0.3 is 0 Å². The number of nitrogens with zero attached hydrogens (tertiary/aromatic N) is 2. The van der Waals surface area contributed by atoms with Crippen molar-refractivity contribution in [3.05, 3.63) is 78.5 Å². The van der Waals surface area contributed by atoms with Gasteiger partial charge in [-0.2, -0.15) is 0 Å².